The standard InChI is InChI=1S/C11H20N2O3S/c1-5-6-13-17(14,15)11-9(3)16-8(2)10(11)7-12-4/h12-13H,5-7H2,1-4H3. The van der Waals surface area contributed by atoms with Crippen molar-refractivity contribution in [3.8, 4) is 0 Å². The summed E-state index contributed by atoms with van der Waals surface area (Å²) in [5, 5.41) is 2.95. The highest BCUT2D eigenvalue weighted by atomic mass is 32.2. The third kappa shape index (κ3) is 3.08. The van der Waals surface area contributed by atoms with Crippen molar-refractivity contribution in [3.63, 3.8) is 0 Å². The van der Waals surface area contributed by atoms with Gasteiger partial charge in [0, 0.05) is 18.7 Å². The van der Waals surface area contributed by atoms with Crippen LogP contribution in [-0.4, -0.2) is 22.0 Å². The average molecular weight is 260 g/mol. The van der Waals surface area contributed by atoms with Gasteiger partial charge in [0.05, 0.1) is 0 Å². The minimum Gasteiger partial charge on any atom is -0.465 e. The minimum absolute atomic E-state index is 0.276. The Kier molecular flexibility index (Phi) is 4.73. The Morgan fingerprint density at radius 3 is 2.41 bits per heavy atom. The number of hydrogen-bond acceptors (Lipinski definition) is 4. The Labute approximate surface area is 103 Å². The van der Waals surface area contributed by atoms with E-state index in [2.05, 4.69) is 10.0 Å². The molecule has 0 aliphatic heterocycles. The molecule has 0 amide bonds. The summed E-state index contributed by atoms with van der Waals surface area (Å²) >= 11 is 0. The smallest absolute Gasteiger partial charge is 0.244 e. The molecular formula is C11H20N2O3S. The maximum absolute atomic E-state index is 12.1. The summed E-state index contributed by atoms with van der Waals surface area (Å²) in [4.78, 5) is 0.276. The lowest BCUT2D eigenvalue weighted by atomic mass is 10.2. The van der Waals surface area contributed by atoms with E-state index in [1.54, 1.807) is 20.9 Å². The van der Waals surface area contributed by atoms with Gasteiger partial charge in [0.25, 0.3) is 0 Å². The molecule has 5 nitrogen and oxygen atoms in total. The predicted octanol–water partition coefficient (Wildman–Crippen LogP) is 1.30. The first kappa shape index (κ1) is 14.2. The molecule has 0 aliphatic carbocycles. The van der Waals surface area contributed by atoms with Crippen molar-refractivity contribution in [1.29, 1.82) is 0 Å². The molecule has 0 bridgehead atoms. The summed E-state index contributed by atoms with van der Waals surface area (Å²) < 4.78 is 32.2. The van der Waals surface area contributed by atoms with Crippen molar-refractivity contribution in [2.45, 2.75) is 38.6 Å². The van der Waals surface area contributed by atoms with Crippen LogP contribution in [0.15, 0.2) is 9.31 Å². The molecular weight excluding hydrogens is 240 g/mol. The van der Waals surface area contributed by atoms with Gasteiger partial charge in [-0.15, -0.1) is 0 Å². The highest BCUT2D eigenvalue weighted by Crippen LogP contribution is 2.26. The monoisotopic (exact) mass is 260 g/mol. The maximum Gasteiger partial charge on any atom is 0.244 e. The molecule has 1 rings (SSSR count). The fraction of sp³-hybridized carbons (Fsp3) is 0.636. The zero-order chi connectivity index (χ0) is 13.1. The van der Waals surface area contributed by atoms with Crippen LogP contribution in [0.1, 0.15) is 30.4 Å². The van der Waals surface area contributed by atoms with Gasteiger partial charge in [-0.25, -0.2) is 13.1 Å². The molecule has 0 unspecified atom stereocenters. The SMILES string of the molecule is CCCNS(=O)(=O)c1c(C)oc(C)c1CNC. The van der Waals surface area contributed by atoms with E-state index in [1.807, 2.05) is 6.92 Å². The first-order valence-corrected chi connectivity index (χ1v) is 7.15. The fourth-order valence-electron chi connectivity index (χ4n) is 1.75. The van der Waals surface area contributed by atoms with Crippen molar-refractivity contribution in [3.05, 3.63) is 17.1 Å². The van der Waals surface area contributed by atoms with Gasteiger partial charge in [-0.3, -0.25) is 0 Å². The normalized spacial score (nSPS) is 12.0. The second-order valence-electron chi connectivity index (χ2n) is 3.95. The Bertz CT molecular complexity index is 477. The van der Waals surface area contributed by atoms with Crippen molar-refractivity contribution in [2.75, 3.05) is 13.6 Å². The van der Waals surface area contributed by atoms with Crippen molar-refractivity contribution in [2.24, 2.45) is 0 Å². The van der Waals surface area contributed by atoms with Crippen LogP contribution >= 0.6 is 0 Å². The summed E-state index contributed by atoms with van der Waals surface area (Å²) in [5.74, 6) is 1.09. The highest BCUT2D eigenvalue weighted by molar-refractivity contribution is 7.89. The highest BCUT2D eigenvalue weighted by Gasteiger charge is 2.25. The Morgan fingerprint density at radius 2 is 1.88 bits per heavy atom. The molecule has 0 saturated heterocycles. The third-order valence-electron chi connectivity index (χ3n) is 2.49. The van der Waals surface area contributed by atoms with Crippen LogP contribution in [0, 0.1) is 13.8 Å². The van der Waals surface area contributed by atoms with E-state index in [1.165, 1.54) is 0 Å². The number of sulfonamides is 1. The molecule has 6 heteroatoms. The molecule has 17 heavy (non-hydrogen) atoms. The van der Waals surface area contributed by atoms with Crippen LogP contribution in [0.5, 0.6) is 0 Å². The van der Waals surface area contributed by atoms with Crippen LogP contribution in [0.25, 0.3) is 0 Å². The van der Waals surface area contributed by atoms with Gasteiger partial charge in [0.2, 0.25) is 10.0 Å². The van der Waals surface area contributed by atoms with Crippen molar-refractivity contribution < 1.29 is 12.8 Å². The average Bonchev–Trinajstić information content (AvgIpc) is 2.52. The van der Waals surface area contributed by atoms with Crippen LogP contribution in [0.2, 0.25) is 0 Å². The van der Waals surface area contributed by atoms with E-state index in [4.69, 9.17) is 4.42 Å². The Morgan fingerprint density at radius 1 is 1.24 bits per heavy atom. The van der Waals surface area contributed by atoms with E-state index in [-0.39, 0.29) is 4.90 Å². The van der Waals surface area contributed by atoms with Gasteiger partial charge in [0.1, 0.15) is 16.4 Å². The maximum atomic E-state index is 12.1. The van der Waals surface area contributed by atoms with E-state index < -0.39 is 10.0 Å². The first-order chi connectivity index (χ1) is 7.94. The van der Waals surface area contributed by atoms with Crippen molar-refractivity contribution >= 4 is 10.0 Å². The van der Waals surface area contributed by atoms with Gasteiger partial charge in [-0.1, -0.05) is 6.92 Å². The lowest BCUT2D eigenvalue weighted by Crippen LogP contribution is -2.26. The molecule has 0 aromatic carbocycles. The molecule has 0 fully saturated rings. The van der Waals surface area contributed by atoms with E-state index in [0.29, 0.717) is 30.2 Å². The Hall–Kier alpha value is -0.850. The van der Waals surface area contributed by atoms with Crippen LogP contribution in [-0.2, 0) is 16.6 Å². The Balaban J connectivity index is 3.20. The molecule has 98 valence electrons. The number of rotatable bonds is 6. The van der Waals surface area contributed by atoms with Gasteiger partial charge in [-0.05, 0) is 27.3 Å². The number of nitrogens with one attached hydrogen (secondary N) is 2. The zero-order valence-electron chi connectivity index (χ0n) is 10.8. The molecule has 1 aromatic rings. The quantitative estimate of drug-likeness (QED) is 0.809. The van der Waals surface area contributed by atoms with E-state index in [0.717, 1.165) is 6.42 Å². The topological polar surface area (TPSA) is 71.3 Å². The molecule has 0 radical (unpaired) electrons. The summed E-state index contributed by atoms with van der Waals surface area (Å²) in [6.45, 7) is 6.28. The van der Waals surface area contributed by atoms with E-state index in [9.17, 15) is 8.42 Å². The number of furan rings is 1. The summed E-state index contributed by atoms with van der Waals surface area (Å²) in [6, 6.07) is 0. The second kappa shape index (κ2) is 5.66. The van der Waals surface area contributed by atoms with Gasteiger partial charge in [0.15, 0.2) is 0 Å². The van der Waals surface area contributed by atoms with Crippen LogP contribution in [0.4, 0.5) is 0 Å². The summed E-state index contributed by atoms with van der Waals surface area (Å²) in [6.07, 6.45) is 0.760. The molecule has 1 heterocycles. The lowest BCUT2D eigenvalue weighted by Gasteiger charge is -2.07. The predicted molar refractivity (Wildman–Crippen MR) is 66.4 cm³/mol. The molecule has 0 saturated carbocycles. The largest absolute Gasteiger partial charge is 0.465 e. The zero-order valence-corrected chi connectivity index (χ0v) is 11.6. The molecule has 0 aliphatic rings. The lowest BCUT2D eigenvalue weighted by molar-refractivity contribution is 0.493. The third-order valence-corrected chi connectivity index (χ3v) is 4.14. The van der Waals surface area contributed by atoms with Gasteiger partial charge < -0.3 is 9.73 Å². The summed E-state index contributed by atoms with van der Waals surface area (Å²) in [7, 11) is -1.69. The molecule has 0 atom stereocenters. The second-order valence-corrected chi connectivity index (χ2v) is 5.65. The first-order valence-electron chi connectivity index (χ1n) is 5.67. The van der Waals surface area contributed by atoms with Crippen molar-refractivity contribution in [1.82, 2.24) is 10.0 Å². The number of aryl methyl sites for hydroxylation is 2. The minimum atomic E-state index is -3.47. The molecule has 2 N–H and O–H groups in total. The number of hydrogen-bond donors (Lipinski definition) is 2. The van der Waals surface area contributed by atoms with Gasteiger partial charge in [-0.2, -0.15) is 0 Å². The van der Waals surface area contributed by atoms with Crippen LogP contribution < -0.4 is 10.0 Å². The molecule has 0 spiro atoms. The fourth-order valence-corrected chi connectivity index (χ4v) is 3.33. The van der Waals surface area contributed by atoms with Crippen LogP contribution in [0.3, 0.4) is 0 Å². The van der Waals surface area contributed by atoms with E-state index >= 15 is 0 Å². The molecule has 1 aromatic heterocycles. The van der Waals surface area contributed by atoms with Gasteiger partial charge >= 0.3 is 0 Å². The summed E-state index contributed by atoms with van der Waals surface area (Å²) in [5.41, 5.74) is 0.702.